The van der Waals surface area contributed by atoms with Gasteiger partial charge in [-0.05, 0) is 54.4 Å². The van der Waals surface area contributed by atoms with Crippen LogP contribution in [0.5, 0.6) is 0 Å². The van der Waals surface area contributed by atoms with E-state index in [1.807, 2.05) is 13.0 Å². The summed E-state index contributed by atoms with van der Waals surface area (Å²) in [6.07, 6.45) is 0.719. The highest BCUT2D eigenvalue weighted by atomic mass is 35.5. The third kappa shape index (κ3) is 4.99. The molecule has 2 aromatic carbocycles. The third-order valence-electron chi connectivity index (χ3n) is 4.96. The van der Waals surface area contributed by atoms with Crippen LogP contribution in [0.2, 0.25) is 20.4 Å². The molecular weight excluding hydrogens is 538 g/mol. The molecule has 0 aliphatic carbocycles. The average Bonchev–Trinajstić information content (AvgIpc) is 3.41. The molecule has 0 fully saturated rings. The first-order chi connectivity index (χ1) is 16.3. The van der Waals surface area contributed by atoms with Gasteiger partial charge in [0.2, 0.25) is 5.28 Å². The molecule has 4 rings (SSSR count). The Morgan fingerprint density at radius 1 is 0.941 bits per heavy atom. The number of halogens is 4. The van der Waals surface area contributed by atoms with E-state index in [1.54, 1.807) is 41.0 Å². The molecule has 0 aliphatic heterocycles. The number of amides is 1. The van der Waals surface area contributed by atoms with E-state index < -0.39 is 0 Å². The minimum absolute atomic E-state index is 0.0118. The Hall–Kier alpha value is -2.42. The van der Waals surface area contributed by atoms with Gasteiger partial charge < -0.3 is 5.32 Å². The Bertz CT molecular complexity index is 1400. The molecule has 6 nitrogen and oxygen atoms in total. The molecule has 174 valence electrons. The van der Waals surface area contributed by atoms with Crippen LogP contribution in [-0.2, 0) is 13.0 Å². The number of nitrogens with zero attached hydrogens (tertiary/aromatic N) is 3. The number of carbonyl (C=O) groups excluding carboxylic acids is 2. The van der Waals surface area contributed by atoms with Crippen LogP contribution in [0.25, 0.3) is 5.00 Å². The number of carbonyl (C=O) groups is 2. The molecule has 0 bridgehead atoms. The van der Waals surface area contributed by atoms with Crippen molar-refractivity contribution in [2.75, 3.05) is 0 Å². The van der Waals surface area contributed by atoms with Crippen molar-refractivity contribution >= 4 is 69.4 Å². The average molecular weight is 554 g/mol. The number of nitrogens with one attached hydrogen (secondary N) is 1. The lowest BCUT2D eigenvalue weighted by atomic mass is 10.0. The molecule has 4 aromatic rings. The summed E-state index contributed by atoms with van der Waals surface area (Å²) in [5.41, 5.74) is 1.14. The molecule has 0 atom stereocenters. The van der Waals surface area contributed by atoms with Gasteiger partial charge in [0.1, 0.15) is 5.00 Å². The SMILES string of the molecule is CCc1cc(C(=O)c2ccccc2Cl)c(-n2c(Cl)nnc2CNC(=O)c2ccc(Cl)c(Cl)c2)s1. The number of ketones is 1. The molecule has 11 heteroatoms. The van der Waals surface area contributed by atoms with E-state index in [0.717, 1.165) is 11.3 Å². The lowest BCUT2D eigenvalue weighted by Gasteiger charge is -2.10. The zero-order valence-corrected chi connectivity index (χ0v) is 21.5. The molecule has 0 radical (unpaired) electrons. The van der Waals surface area contributed by atoms with Crippen molar-refractivity contribution < 1.29 is 9.59 Å². The van der Waals surface area contributed by atoms with E-state index in [0.29, 0.717) is 37.6 Å². The second-order valence-corrected chi connectivity index (χ2v) is 9.80. The van der Waals surface area contributed by atoms with Crippen LogP contribution >= 0.6 is 57.7 Å². The summed E-state index contributed by atoms with van der Waals surface area (Å²) in [6, 6.07) is 13.3. The molecule has 0 aliphatic rings. The first kappa shape index (κ1) is 24.7. The fraction of sp³-hybridized carbons (Fsp3) is 0.130. The van der Waals surface area contributed by atoms with E-state index in [1.165, 1.54) is 17.4 Å². The van der Waals surface area contributed by atoms with Gasteiger partial charge in [0, 0.05) is 16.0 Å². The van der Waals surface area contributed by atoms with Gasteiger partial charge in [0.15, 0.2) is 11.6 Å². The largest absolute Gasteiger partial charge is 0.345 e. The van der Waals surface area contributed by atoms with E-state index in [2.05, 4.69) is 15.5 Å². The topological polar surface area (TPSA) is 76.9 Å². The number of hydrogen-bond donors (Lipinski definition) is 1. The van der Waals surface area contributed by atoms with Crippen molar-refractivity contribution in [2.24, 2.45) is 0 Å². The Kier molecular flexibility index (Phi) is 7.60. The van der Waals surface area contributed by atoms with Gasteiger partial charge in [-0.25, -0.2) is 0 Å². The number of thiophene rings is 1. The number of hydrogen-bond acceptors (Lipinski definition) is 5. The summed E-state index contributed by atoms with van der Waals surface area (Å²) < 4.78 is 1.56. The summed E-state index contributed by atoms with van der Waals surface area (Å²) in [6.45, 7) is 2.00. The van der Waals surface area contributed by atoms with Gasteiger partial charge >= 0.3 is 0 Å². The predicted octanol–water partition coefficient (Wildman–Crippen LogP) is 6.67. The van der Waals surface area contributed by atoms with Crippen molar-refractivity contribution in [3.63, 3.8) is 0 Å². The lowest BCUT2D eigenvalue weighted by molar-refractivity contribution is 0.0948. The predicted molar refractivity (Wildman–Crippen MR) is 136 cm³/mol. The Balaban J connectivity index is 1.67. The smallest absolute Gasteiger partial charge is 0.251 e. The number of aryl methyl sites for hydroxylation is 1. The van der Waals surface area contributed by atoms with Crippen LogP contribution < -0.4 is 5.32 Å². The Morgan fingerprint density at radius 3 is 2.41 bits per heavy atom. The van der Waals surface area contributed by atoms with Gasteiger partial charge in [-0.2, -0.15) is 0 Å². The van der Waals surface area contributed by atoms with E-state index in [4.69, 9.17) is 46.4 Å². The van der Waals surface area contributed by atoms with Crippen molar-refractivity contribution in [3.05, 3.63) is 96.3 Å². The lowest BCUT2D eigenvalue weighted by Crippen LogP contribution is -2.24. The van der Waals surface area contributed by atoms with Crippen molar-refractivity contribution in [1.82, 2.24) is 20.1 Å². The van der Waals surface area contributed by atoms with E-state index in [-0.39, 0.29) is 28.5 Å². The second kappa shape index (κ2) is 10.5. The highest BCUT2D eigenvalue weighted by molar-refractivity contribution is 7.15. The van der Waals surface area contributed by atoms with Gasteiger partial charge in [0.25, 0.3) is 5.91 Å². The molecule has 2 heterocycles. The number of benzene rings is 2. The third-order valence-corrected chi connectivity index (χ3v) is 7.54. The normalized spacial score (nSPS) is 11.0. The van der Waals surface area contributed by atoms with Crippen molar-refractivity contribution in [1.29, 1.82) is 0 Å². The van der Waals surface area contributed by atoms with Gasteiger partial charge in [-0.3, -0.25) is 14.2 Å². The number of rotatable bonds is 7. The first-order valence-corrected chi connectivity index (χ1v) is 12.4. The number of aromatic nitrogens is 3. The van der Waals surface area contributed by atoms with Crippen LogP contribution in [0.4, 0.5) is 0 Å². The van der Waals surface area contributed by atoms with Crippen LogP contribution in [0, 0.1) is 0 Å². The van der Waals surface area contributed by atoms with Crippen LogP contribution in [-0.4, -0.2) is 26.5 Å². The maximum atomic E-state index is 13.4. The molecule has 2 aromatic heterocycles. The van der Waals surface area contributed by atoms with Crippen LogP contribution in [0.1, 0.15) is 43.9 Å². The molecule has 1 amide bonds. The zero-order valence-electron chi connectivity index (χ0n) is 17.6. The summed E-state index contributed by atoms with van der Waals surface area (Å²) in [5, 5.41) is 12.4. The second-order valence-electron chi connectivity index (χ2n) is 7.13. The van der Waals surface area contributed by atoms with Crippen LogP contribution in [0.3, 0.4) is 0 Å². The molecule has 0 spiro atoms. The summed E-state index contributed by atoms with van der Waals surface area (Å²) in [4.78, 5) is 27.0. The highest BCUT2D eigenvalue weighted by Crippen LogP contribution is 2.33. The maximum absolute atomic E-state index is 13.4. The monoisotopic (exact) mass is 552 g/mol. The standard InChI is InChI=1S/C23H16Cl4N4O2S/c1-2-13-10-15(20(32)14-5-3-4-6-16(14)24)22(34-13)31-19(29-30-23(31)27)11-28-21(33)12-7-8-17(25)18(26)9-12/h3-10H,2,11H2,1H3,(H,28,33). The fourth-order valence-electron chi connectivity index (χ4n) is 3.23. The highest BCUT2D eigenvalue weighted by Gasteiger charge is 2.24. The van der Waals surface area contributed by atoms with Gasteiger partial charge in [0.05, 0.1) is 27.2 Å². The fourth-order valence-corrected chi connectivity index (χ4v) is 5.14. The van der Waals surface area contributed by atoms with Gasteiger partial charge in [-0.1, -0.05) is 53.9 Å². The summed E-state index contributed by atoms with van der Waals surface area (Å²) >= 11 is 26.0. The first-order valence-electron chi connectivity index (χ1n) is 10.1. The van der Waals surface area contributed by atoms with Crippen molar-refractivity contribution in [3.8, 4) is 5.00 Å². The molecular formula is C23H16Cl4N4O2S. The van der Waals surface area contributed by atoms with E-state index in [9.17, 15) is 9.59 Å². The maximum Gasteiger partial charge on any atom is 0.251 e. The Labute approximate surface area is 219 Å². The molecule has 34 heavy (non-hydrogen) atoms. The Morgan fingerprint density at radius 2 is 1.71 bits per heavy atom. The summed E-state index contributed by atoms with van der Waals surface area (Å²) in [5.74, 6) is -0.264. The quantitative estimate of drug-likeness (QED) is 0.259. The van der Waals surface area contributed by atoms with Crippen molar-refractivity contribution in [2.45, 2.75) is 19.9 Å². The van der Waals surface area contributed by atoms with Gasteiger partial charge in [-0.15, -0.1) is 21.5 Å². The molecule has 0 saturated heterocycles. The van der Waals surface area contributed by atoms with Crippen LogP contribution in [0.15, 0.2) is 48.5 Å². The minimum Gasteiger partial charge on any atom is -0.345 e. The molecule has 0 unspecified atom stereocenters. The summed E-state index contributed by atoms with van der Waals surface area (Å²) in [7, 11) is 0. The van der Waals surface area contributed by atoms with E-state index >= 15 is 0 Å². The minimum atomic E-state index is -0.378. The molecule has 1 N–H and O–H groups in total. The zero-order chi connectivity index (χ0) is 24.4. The molecule has 0 saturated carbocycles.